The third kappa shape index (κ3) is 6.27. The maximum absolute atomic E-state index is 11.7. The summed E-state index contributed by atoms with van der Waals surface area (Å²) in [5.41, 5.74) is 1.31. The van der Waals surface area contributed by atoms with E-state index in [0.29, 0.717) is 12.6 Å². The number of aliphatic hydroxyl groups excluding tert-OH is 1. The summed E-state index contributed by atoms with van der Waals surface area (Å²) in [6, 6.07) is 10.7. The summed E-state index contributed by atoms with van der Waals surface area (Å²) >= 11 is 0. The van der Waals surface area contributed by atoms with Crippen LogP contribution in [-0.2, 0) is 11.2 Å². The Morgan fingerprint density at radius 2 is 1.86 bits per heavy atom. The maximum Gasteiger partial charge on any atom is 0.233 e. The number of aryl methyl sites for hydroxylation is 1. The summed E-state index contributed by atoms with van der Waals surface area (Å²) in [4.78, 5) is 11.7. The van der Waals surface area contributed by atoms with Crippen LogP contribution in [0, 0.1) is 0 Å². The predicted octanol–water partition coefficient (Wildman–Crippen LogP) is 1.63. The van der Waals surface area contributed by atoms with Crippen LogP contribution in [0.5, 0.6) is 0 Å². The zero-order valence-corrected chi connectivity index (χ0v) is 12.6. The molecule has 0 aliphatic heterocycles. The number of carbonyl (C=O) groups excluding carboxylic acids is 1. The van der Waals surface area contributed by atoms with E-state index < -0.39 is 0 Å². The molecule has 1 saturated carbocycles. The molecule has 0 saturated heterocycles. The molecule has 0 unspecified atom stereocenters. The molecule has 1 aliphatic rings. The number of rotatable bonds is 7. The first-order valence-corrected chi connectivity index (χ1v) is 7.96. The Labute approximate surface area is 126 Å². The van der Waals surface area contributed by atoms with Gasteiger partial charge in [-0.25, -0.2) is 0 Å². The van der Waals surface area contributed by atoms with Crippen LogP contribution in [0.3, 0.4) is 0 Å². The first-order valence-electron chi connectivity index (χ1n) is 7.96. The van der Waals surface area contributed by atoms with Gasteiger partial charge in [0.15, 0.2) is 0 Å². The van der Waals surface area contributed by atoms with Gasteiger partial charge in [0.05, 0.1) is 12.6 Å². The molecule has 0 spiro atoms. The smallest absolute Gasteiger partial charge is 0.233 e. The topological polar surface area (TPSA) is 61.4 Å². The minimum absolute atomic E-state index is 0.0641. The molecule has 0 bridgehead atoms. The molecule has 1 aliphatic carbocycles. The highest BCUT2D eigenvalue weighted by Crippen LogP contribution is 2.17. The van der Waals surface area contributed by atoms with E-state index in [1.54, 1.807) is 0 Å². The van der Waals surface area contributed by atoms with Gasteiger partial charge in [0.2, 0.25) is 5.91 Å². The van der Waals surface area contributed by atoms with Crippen LogP contribution in [0.4, 0.5) is 0 Å². The van der Waals surface area contributed by atoms with Crippen molar-refractivity contribution in [3.05, 3.63) is 35.9 Å². The summed E-state index contributed by atoms with van der Waals surface area (Å²) in [5, 5.41) is 15.7. The van der Waals surface area contributed by atoms with E-state index in [2.05, 4.69) is 22.8 Å². The van der Waals surface area contributed by atoms with Gasteiger partial charge < -0.3 is 15.7 Å². The molecule has 1 aromatic rings. The number of nitrogens with one attached hydrogen (secondary N) is 2. The van der Waals surface area contributed by atoms with Gasteiger partial charge in [-0.2, -0.15) is 0 Å². The van der Waals surface area contributed by atoms with Crippen molar-refractivity contribution < 1.29 is 9.90 Å². The van der Waals surface area contributed by atoms with Gasteiger partial charge in [-0.1, -0.05) is 30.3 Å². The largest absolute Gasteiger partial charge is 0.393 e. The Bertz CT molecular complexity index is 414. The van der Waals surface area contributed by atoms with Crippen molar-refractivity contribution in [2.45, 2.75) is 50.7 Å². The van der Waals surface area contributed by atoms with E-state index >= 15 is 0 Å². The Hall–Kier alpha value is -1.39. The molecule has 1 fully saturated rings. The van der Waals surface area contributed by atoms with E-state index in [4.69, 9.17) is 0 Å². The minimum Gasteiger partial charge on any atom is -0.393 e. The van der Waals surface area contributed by atoms with Crippen molar-refractivity contribution in [1.82, 2.24) is 10.6 Å². The molecule has 116 valence electrons. The average Bonchev–Trinajstić information content (AvgIpc) is 2.52. The zero-order chi connectivity index (χ0) is 14.9. The highest BCUT2D eigenvalue weighted by molar-refractivity contribution is 5.77. The number of hydrogen-bond acceptors (Lipinski definition) is 3. The number of benzene rings is 1. The second-order valence-corrected chi connectivity index (χ2v) is 5.83. The lowest BCUT2D eigenvalue weighted by Crippen LogP contribution is -2.41. The molecule has 3 N–H and O–H groups in total. The van der Waals surface area contributed by atoms with Gasteiger partial charge in [-0.05, 0) is 44.1 Å². The highest BCUT2D eigenvalue weighted by Gasteiger charge is 2.19. The molecule has 2 rings (SSSR count). The number of carbonyl (C=O) groups is 1. The fourth-order valence-electron chi connectivity index (χ4n) is 2.74. The molecule has 0 aromatic heterocycles. The van der Waals surface area contributed by atoms with Crippen LogP contribution >= 0.6 is 0 Å². The lowest BCUT2D eigenvalue weighted by atomic mass is 9.93. The molecule has 21 heavy (non-hydrogen) atoms. The number of amides is 1. The van der Waals surface area contributed by atoms with Crippen LogP contribution in [-0.4, -0.2) is 36.2 Å². The fourth-order valence-corrected chi connectivity index (χ4v) is 2.74. The monoisotopic (exact) mass is 290 g/mol. The van der Waals surface area contributed by atoms with E-state index in [1.807, 2.05) is 18.2 Å². The van der Waals surface area contributed by atoms with Gasteiger partial charge in [-0.15, -0.1) is 0 Å². The molecule has 0 radical (unpaired) electrons. The second kappa shape index (κ2) is 8.80. The number of hydrogen-bond donors (Lipinski definition) is 3. The van der Waals surface area contributed by atoms with Gasteiger partial charge in [0, 0.05) is 12.6 Å². The third-order valence-electron chi connectivity index (χ3n) is 4.06. The van der Waals surface area contributed by atoms with Crippen LogP contribution in [0.1, 0.15) is 37.7 Å². The first-order chi connectivity index (χ1) is 10.2. The Balaban J connectivity index is 1.51. The van der Waals surface area contributed by atoms with Gasteiger partial charge in [0.1, 0.15) is 0 Å². The standard InChI is InChI=1S/C17H26N2O2/c20-16-10-8-15(9-11-16)19-13-17(21)18-12-4-7-14-5-2-1-3-6-14/h1-3,5-6,15-16,19-20H,4,7-13H2,(H,18,21). The molecular formula is C17H26N2O2. The molecule has 1 amide bonds. The molecule has 0 heterocycles. The average molecular weight is 290 g/mol. The second-order valence-electron chi connectivity index (χ2n) is 5.83. The van der Waals surface area contributed by atoms with Crippen molar-refractivity contribution in [3.63, 3.8) is 0 Å². The third-order valence-corrected chi connectivity index (χ3v) is 4.06. The molecular weight excluding hydrogens is 264 g/mol. The van der Waals surface area contributed by atoms with E-state index in [9.17, 15) is 9.90 Å². The predicted molar refractivity (Wildman–Crippen MR) is 84.0 cm³/mol. The Kier molecular flexibility index (Phi) is 6.70. The van der Waals surface area contributed by atoms with E-state index in [0.717, 1.165) is 45.1 Å². The summed E-state index contributed by atoms with van der Waals surface area (Å²) in [5.74, 6) is 0.0641. The van der Waals surface area contributed by atoms with Crippen molar-refractivity contribution in [2.24, 2.45) is 0 Å². The quantitative estimate of drug-likeness (QED) is 0.669. The summed E-state index contributed by atoms with van der Waals surface area (Å²) in [6.45, 7) is 1.10. The van der Waals surface area contributed by atoms with Crippen LogP contribution in [0.2, 0.25) is 0 Å². The molecule has 0 atom stereocenters. The number of aliphatic hydroxyl groups is 1. The van der Waals surface area contributed by atoms with E-state index in [1.165, 1.54) is 5.56 Å². The Morgan fingerprint density at radius 1 is 1.14 bits per heavy atom. The van der Waals surface area contributed by atoms with Crippen LogP contribution < -0.4 is 10.6 Å². The fraction of sp³-hybridized carbons (Fsp3) is 0.588. The highest BCUT2D eigenvalue weighted by atomic mass is 16.3. The van der Waals surface area contributed by atoms with Crippen molar-refractivity contribution in [2.75, 3.05) is 13.1 Å². The van der Waals surface area contributed by atoms with E-state index in [-0.39, 0.29) is 12.0 Å². The molecule has 4 heteroatoms. The van der Waals surface area contributed by atoms with Crippen LogP contribution in [0.25, 0.3) is 0 Å². The molecule has 4 nitrogen and oxygen atoms in total. The summed E-state index contributed by atoms with van der Waals surface area (Å²) in [6.07, 6.45) is 5.42. The lowest BCUT2D eigenvalue weighted by Gasteiger charge is -2.26. The first kappa shape index (κ1) is 16.0. The van der Waals surface area contributed by atoms with Crippen LogP contribution in [0.15, 0.2) is 30.3 Å². The summed E-state index contributed by atoms with van der Waals surface area (Å²) < 4.78 is 0. The molecule has 1 aromatic carbocycles. The maximum atomic E-state index is 11.7. The van der Waals surface area contributed by atoms with Crippen molar-refractivity contribution >= 4 is 5.91 Å². The van der Waals surface area contributed by atoms with Gasteiger partial charge in [-0.3, -0.25) is 4.79 Å². The lowest BCUT2D eigenvalue weighted by molar-refractivity contribution is -0.120. The summed E-state index contributed by atoms with van der Waals surface area (Å²) in [7, 11) is 0. The minimum atomic E-state index is -0.144. The normalized spacial score (nSPS) is 22.0. The van der Waals surface area contributed by atoms with Gasteiger partial charge >= 0.3 is 0 Å². The van der Waals surface area contributed by atoms with Crippen molar-refractivity contribution in [3.8, 4) is 0 Å². The van der Waals surface area contributed by atoms with Gasteiger partial charge in [0.25, 0.3) is 0 Å². The Morgan fingerprint density at radius 3 is 2.57 bits per heavy atom. The van der Waals surface area contributed by atoms with Crippen molar-refractivity contribution in [1.29, 1.82) is 0 Å². The zero-order valence-electron chi connectivity index (χ0n) is 12.6. The SMILES string of the molecule is O=C(CNC1CCC(O)CC1)NCCCc1ccccc1.